The number of aryl methyl sites for hydroxylation is 1. The summed E-state index contributed by atoms with van der Waals surface area (Å²) in [6.45, 7) is 6.66. The molecule has 0 bridgehead atoms. The number of fused-ring (bicyclic) bond motifs is 1. The fourth-order valence-electron chi connectivity index (χ4n) is 2.66. The van der Waals surface area contributed by atoms with Gasteiger partial charge in [0.05, 0.1) is 11.0 Å². The largest absolute Gasteiger partial charge is 0.331 e. The van der Waals surface area contributed by atoms with Crippen LogP contribution in [0.4, 0.5) is 0 Å². The molecule has 0 saturated carbocycles. The Kier molecular flexibility index (Phi) is 4.81. The summed E-state index contributed by atoms with van der Waals surface area (Å²) in [5, 5.41) is 0. The Morgan fingerprint density at radius 1 is 1.26 bits per heavy atom. The van der Waals surface area contributed by atoms with E-state index in [1.54, 1.807) is 0 Å². The third kappa shape index (κ3) is 3.27. The molecule has 1 aromatic heterocycles. The van der Waals surface area contributed by atoms with E-state index in [9.17, 15) is 0 Å². The first-order chi connectivity index (χ1) is 9.13. The van der Waals surface area contributed by atoms with Crippen LogP contribution < -0.4 is 0 Å². The van der Waals surface area contributed by atoms with Crippen molar-refractivity contribution in [2.24, 2.45) is 0 Å². The summed E-state index contributed by atoms with van der Waals surface area (Å²) in [5.41, 5.74) is 3.68. The lowest BCUT2D eigenvalue weighted by Gasteiger charge is -2.14. The van der Waals surface area contributed by atoms with Gasteiger partial charge in [-0.05, 0) is 50.2 Å². The zero-order valence-corrected chi connectivity index (χ0v) is 13.0. The van der Waals surface area contributed by atoms with E-state index < -0.39 is 0 Å². The normalized spacial score (nSPS) is 13.0. The van der Waals surface area contributed by atoms with Crippen LogP contribution in [0.5, 0.6) is 0 Å². The van der Waals surface area contributed by atoms with E-state index in [-0.39, 0.29) is 0 Å². The molecule has 0 spiro atoms. The van der Waals surface area contributed by atoms with E-state index in [0.29, 0.717) is 6.04 Å². The van der Waals surface area contributed by atoms with Crippen molar-refractivity contribution in [3.63, 3.8) is 0 Å². The van der Waals surface area contributed by atoms with Gasteiger partial charge in [-0.3, -0.25) is 0 Å². The van der Waals surface area contributed by atoms with Crippen molar-refractivity contribution >= 4 is 23.3 Å². The second kappa shape index (κ2) is 6.38. The van der Waals surface area contributed by atoms with Crippen molar-refractivity contribution in [3.8, 4) is 0 Å². The maximum absolute atomic E-state index is 5.48. The quantitative estimate of drug-likeness (QED) is 0.542. The van der Waals surface area contributed by atoms with E-state index in [2.05, 4.69) is 48.5 Å². The van der Waals surface area contributed by atoms with Crippen molar-refractivity contribution in [1.29, 1.82) is 0 Å². The first-order valence-corrected chi connectivity index (χ1v) is 7.75. The van der Waals surface area contributed by atoms with Gasteiger partial charge in [0.1, 0.15) is 0 Å². The summed E-state index contributed by atoms with van der Waals surface area (Å²) in [6, 6.07) is 6.95. The van der Waals surface area contributed by atoms with Crippen molar-refractivity contribution < 1.29 is 0 Å². The molecule has 0 fully saturated rings. The molecule has 0 amide bonds. The molecule has 1 heterocycles. The molecule has 1 atom stereocenters. The second-order valence-corrected chi connectivity index (χ2v) is 5.91. The van der Waals surface area contributed by atoms with Gasteiger partial charge in [-0.15, -0.1) is 0 Å². The highest BCUT2D eigenvalue weighted by Gasteiger charge is 2.10. The summed E-state index contributed by atoms with van der Waals surface area (Å²) < 4.78 is 3.13. The summed E-state index contributed by atoms with van der Waals surface area (Å²) in [6.07, 6.45) is 6.45. The molecule has 0 aliphatic carbocycles. The Morgan fingerprint density at radius 2 is 2.05 bits per heavy atom. The molecule has 3 heteroatoms. The van der Waals surface area contributed by atoms with Crippen LogP contribution in [0.3, 0.4) is 0 Å². The maximum Gasteiger partial charge on any atom is 0.178 e. The number of nitrogens with zero attached hydrogens (tertiary/aromatic N) is 1. The van der Waals surface area contributed by atoms with Crippen molar-refractivity contribution in [2.45, 2.75) is 58.9 Å². The molecular weight excluding hydrogens is 252 g/mol. The van der Waals surface area contributed by atoms with Crippen LogP contribution in [0.25, 0.3) is 11.0 Å². The number of nitrogens with one attached hydrogen (secondary N) is 1. The van der Waals surface area contributed by atoms with Gasteiger partial charge in [-0.25, -0.2) is 0 Å². The fraction of sp³-hybridized carbons (Fsp3) is 0.562. The lowest BCUT2D eigenvalue weighted by atomic mass is 10.1. The van der Waals surface area contributed by atoms with Crippen LogP contribution in [0.1, 0.15) is 57.6 Å². The van der Waals surface area contributed by atoms with Crippen LogP contribution >= 0.6 is 12.2 Å². The van der Waals surface area contributed by atoms with Gasteiger partial charge in [-0.2, -0.15) is 0 Å². The number of hydrogen-bond donors (Lipinski definition) is 1. The molecule has 2 rings (SSSR count). The average molecular weight is 276 g/mol. The van der Waals surface area contributed by atoms with Crippen molar-refractivity contribution in [2.75, 3.05) is 0 Å². The van der Waals surface area contributed by atoms with E-state index in [1.165, 1.54) is 43.2 Å². The number of H-pyrrole nitrogens is 1. The molecule has 0 radical (unpaired) electrons. The highest BCUT2D eigenvalue weighted by Crippen LogP contribution is 2.23. The third-order valence-corrected chi connectivity index (χ3v) is 4.09. The molecule has 0 saturated heterocycles. The summed E-state index contributed by atoms with van der Waals surface area (Å²) in [5.74, 6) is 0. The van der Waals surface area contributed by atoms with Gasteiger partial charge in [-0.1, -0.05) is 38.7 Å². The van der Waals surface area contributed by atoms with Crippen LogP contribution in [0.15, 0.2) is 18.2 Å². The molecule has 19 heavy (non-hydrogen) atoms. The van der Waals surface area contributed by atoms with E-state index >= 15 is 0 Å². The van der Waals surface area contributed by atoms with E-state index in [0.717, 1.165) is 10.3 Å². The monoisotopic (exact) mass is 276 g/mol. The Labute approximate surface area is 120 Å². The number of imidazole rings is 1. The zero-order chi connectivity index (χ0) is 13.8. The molecule has 2 aromatic rings. The van der Waals surface area contributed by atoms with Crippen LogP contribution in [-0.2, 0) is 0 Å². The Balaban J connectivity index is 2.21. The number of benzene rings is 1. The molecule has 1 N–H and O–H groups in total. The van der Waals surface area contributed by atoms with Crippen LogP contribution in [0.2, 0.25) is 0 Å². The second-order valence-electron chi connectivity index (χ2n) is 5.52. The first-order valence-electron chi connectivity index (χ1n) is 7.34. The minimum absolute atomic E-state index is 0.472. The molecule has 2 nitrogen and oxygen atoms in total. The lowest BCUT2D eigenvalue weighted by molar-refractivity contribution is 0.478. The Morgan fingerprint density at radius 3 is 2.79 bits per heavy atom. The number of aromatic amines is 1. The minimum atomic E-state index is 0.472. The van der Waals surface area contributed by atoms with Crippen LogP contribution in [-0.4, -0.2) is 9.55 Å². The molecule has 0 aliphatic heterocycles. The van der Waals surface area contributed by atoms with Gasteiger partial charge in [0.2, 0.25) is 0 Å². The highest BCUT2D eigenvalue weighted by molar-refractivity contribution is 7.71. The molecule has 0 aliphatic rings. The predicted octanol–water partition coefficient (Wildman–Crippen LogP) is 5.54. The number of unbranched alkanes of at least 4 members (excludes halogenated alkanes) is 3. The number of hydrogen-bond acceptors (Lipinski definition) is 1. The third-order valence-electron chi connectivity index (χ3n) is 3.79. The predicted molar refractivity (Wildman–Crippen MR) is 85.3 cm³/mol. The van der Waals surface area contributed by atoms with Crippen molar-refractivity contribution in [3.05, 3.63) is 28.5 Å². The van der Waals surface area contributed by atoms with E-state index in [1.807, 2.05) is 0 Å². The Hall–Kier alpha value is -1.09. The summed E-state index contributed by atoms with van der Waals surface area (Å²) >= 11 is 5.48. The average Bonchev–Trinajstić information content (AvgIpc) is 2.70. The van der Waals surface area contributed by atoms with Crippen molar-refractivity contribution in [1.82, 2.24) is 9.55 Å². The van der Waals surface area contributed by atoms with Gasteiger partial charge in [0.25, 0.3) is 0 Å². The fourth-order valence-corrected chi connectivity index (χ4v) is 3.05. The van der Waals surface area contributed by atoms with Crippen LogP contribution in [0, 0.1) is 11.7 Å². The maximum atomic E-state index is 5.48. The van der Waals surface area contributed by atoms with Gasteiger partial charge >= 0.3 is 0 Å². The number of rotatable bonds is 6. The molecule has 1 unspecified atom stereocenters. The molecular formula is C16H24N2S. The molecule has 1 aromatic carbocycles. The lowest BCUT2D eigenvalue weighted by Crippen LogP contribution is -2.05. The summed E-state index contributed by atoms with van der Waals surface area (Å²) in [4.78, 5) is 3.31. The first kappa shape index (κ1) is 14.3. The van der Waals surface area contributed by atoms with Gasteiger partial charge < -0.3 is 9.55 Å². The number of aromatic nitrogens is 2. The van der Waals surface area contributed by atoms with Gasteiger partial charge in [0, 0.05) is 6.04 Å². The Bertz CT molecular complexity index is 594. The summed E-state index contributed by atoms with van der Waals surface area (Å²) in [7, 11) is 0. The minimum Gasteiger partial charge on any atom is -0.331 e. The van der Waals surface area contributed by atoms with E-state index in [4.69, 9.17) is 12.2 Å². The highest BCUT2D eigenvalue weighted by atomic mass is 32.1. The molecule has 104 valence electrons. The van der Waals surface area contributed by atoms with Gasteiger partial charge in [0.15, 0.2) is 4.77 Å². The smallest absolute Gasteiger partial charge is 0.178 e. The SMILES string of the molecule is CCCCCCC(C)n1c(=S)[nH]c2ccc(C)cc21. The topological polar surface area (TPSA) is 20.7 Å². The standard InChI is InChI=1S/C16H24N2S/c1-4-5-6-7-8-13(3)18-15-11-12(2)9-10-14(15)17-16(18)19/h9-11,13H,4-8H2,1-3H3,(H,17,19). The zero-order valence-electron chi connectivity index (χ0n) is 12.2.